The summed E-state index contributed by atoms with van der Waals surface area (Å²) in [7, 11) is 0. The third-order valence-electron chi connectivity index (χ3n) is 3.46. The number of hydrogen-bond acceptors (Lipinski definition) is 3. The van der Waals surface area contributed by atoms with E-state index < -0.39 is 11.6 Å². The molecular weight excluding hydrogens is 292 g/mol. The first-order valence-electron chi connectivity index (χ1n) is 7.54. The van der Waals surface area contributed by atoms with Gasteiger partial charge in [-0.25, -0.2) is 8.78 Å². The van der Waals surface area contributed by atoms with Crippen molar-refractivity contribution in [3.8, 4) is 0 Å². The van der Waals surface area contributed by atoms with Gasteiger partial charge in [-0.1, -0.05) is 0 Å². The van der Waals surface area contributed by atoms with Crippen LogP contribution in [0.4, 0.5) is 8.78 Å². The standard InChI is InChI=1S/C16H21F2NO3/c17-13-8-12(9-14(18)10-13)3-5-19-16(20)4-7-21-11-15-2-1-6-22-15/h8-10,15H,1-7,11H2,(H,19,20). The summed E-state index contributed by atoms with van der Waals surface area (Å²) in [6, 6.07) is 3.35. The molecule has 0 radical (unpaired) electrons. The van der Waals surface area contributed by atoms with Gasteiger partial charge in [0.1, 0.15) is 11.6 Å². The van der Waals surface area contributed by atoms with Crippen molar-refractivity contribution in [2.24, 2.45) is 0 Å². The van der Waals surface area contributed by atoms with Crippen LogP contribution >= 0.6 is 0 Å². The summed E-state index contributed by atoms with van der Waals surface area (Å²) in [6.45, 7) is 2.00. The summed E-state index contributed by atoms with van der Waals surface area (Å²) >= 11 is 0. The zero-order valence-corrected chi connectivity index (χ0v) is 12.4. The molecule has 0 spiro atoms. The molecule has 1 aromatic carbocycles. The van der Waals surface area contributed by atoms with Crippen molar-refractivity contribution < 1.29 is 23.0 Å². The summed E-state index contributed by atoms with van der Waals surface area (Å²) in [5.74, 6) is -1.35. The number of nitrogens with one attached hydrogen (secondary N) is 1. The van der Waals surface area contributed by atoms with Gasteiger partial charge in [0.15, 0.2) is 0 Å². The van der Waals surface area contributed by atoms with E-state index in [1.165, 1.54) is 12.1 Å². The van der Waals surface area contributed by atoms with Gasteiger partial charge in [-0.2, -0.15) is 0 Å². The average molecular weight is 313 g/mol. The predicted molar refractivity (Wildman–Crippen MR) is 77.5 cm³/mol. The van der Waals surface area contributed by atoms with Crippen molar-refractivity contribution in [3.63, 3.8) is 0 Å². The molecule has 22 heavy (non-hydrogen) atoms. The summed E-state index contributed by atoms with van der Waals surface area (Å²) in [5.41, 5.74) is 0.521. The predicted octanol–water partition coefficient (Wildman–Crippen LogP) is 2.21. The maximum atomic E-state index is 13.0. The molecule has 0 aromatic heterocycles. The van der Waals surface area contributed by atoms with Crippen LogP contribution in [-0.4, -0.2) is 38.4 Å². The van der Waals surface area contributed by atoms with E-state index in [-0.39, 0.29) is 18.4 Å². The van der Waals surface area contributed by atoms with Gasteiger partial charge >= 0.3 is 0 Å². The van der Waals surface area contributed by atoms with Crippen LogP contribution in [0.2, 0.25) is 0 Å². The molecule has 1 N–H and O–H groups in total. The number of ether oxygens (including phenoxy) is 2. The molecule has 1 atom stereocenters. The number of carbonyl (C=O) groups excluding carboxylic acids is 1. The fraction of sp³-hybridized carbons (Fsp3) is 0.562. The Balaban J connectivity index is 1.55. The van der Waals surface area contributed by atoms with Crippen molar-refractivity contribution in [3.05, 3.63) is 35.4 Å². The molecule has 1 heterocycles. The Labute approximate surface area is 128 Å². The van der Waals surface area contributed by atoms with Crippen LogP contribution in [0.3, 0.4) is 0 Å². The zero-order valence-electron chi connectivity index (χ0n) is 12.4. The van der Waals surface area contributed by atoms with Crippen molar-refractivity contribution in [2.45, 2.75) is 31.8 Å². The van der Waals surface area contributed by atoms with Crippen LogP contribution in [0.15, 0.2) is 18.2 Å². The van der Waals surface area contributed by atoms with Crippen LogP contribution < -0.4 is 5.32 Å². The lowest BCUT2D eigenvalue weighted by Crippen LogP contribution is -2.27. The number of halogens is 2. The first-order valence-corrected chi connectivity index (χ1v) is 7.54. The highest BCUT2D eigenvalue weighted by atomic mass is 19.1. The minimum atomic E-state index is -0.608. The van der Waals surface area contributed by atoms with Crippen LogP contribution in [0, 0.1) is 11.6 Å². The minimum absolute atomic E-state index is 0.135. The van der Waals surface area contributed by atoms with Gasteiger partial charge in [0.2, 0.25) is 5.91 Å². The second kappa shape index (κ2) is 8.80. The normalized spacial score (nSPS) is 17.6. The van der Waals surface area contributed by atoms with Crippen LogP contribution in [0.5, 0.6) is 0 Å². The minimum Gasteiger partial charge on any atom is -0.378 e. The van der Waals surface area contributed by atoms with E-state index in [0.29, 0.717) is 31.7 Å². The van der Waals surface area contributed by atoms with E-state index in [4.69, 9.17) is 9.47 Å². The highest BCUT2D eigenvalue weighted by Crippen LogP contribution is 2.12. The van der Waals surface area contributed by atoms with Crippen molar-refractivity contribution >= 4 is 5.91 Å². The van der Waals surface area contributed by atoms with Crippen molar-refractivity contribution in [1.29, 1.82) is 0 Å². The van der Waals surface area contributed by atoms with Gasteiger partial charge in [-0.3, -0.25) is 4.79 Å². The van der Waals surface area contributed by atoms with Crippen LogP contribution in [0.25, 0.3) is 0 Å². The van der Waals surface area contributed by atoms with Gasteiger partial charge < -0.3 is 14.8 Å². The van der Waals surface area contributed by atoms with Crippen LogP contribution in [0.1, 0.15) is 24.8 Å². The Morgan fingerprint density at radius 2 is 2.09 bits per heavy atom. The molecule has 1 aliphatic heterocycles. The molecule has 1 unspecified atom stereocenters. The lowest BCUT2D eigenvalue weighted by Gasteiger charge is -2.10. The monoisotopic (exact) mass is 313 g/mol. The smallest absolute Gasteiger partial charge is 0.222 e. The van der Waals surface area contributed by atoms with Gasteiger partial charge in [0.05, 0.1) is 19.3 Å². The number of carbonyl (C=O) groups is 1. The number of benzene rings is 1. The second-order valence-corrected chi connectivity index (χ2v) is 5.34. The molecule has 4 nitrogen and oxygen atoms in total. The Kier molecular flexibility index (Phi) is 6.74. The highest BCUT2D eigenvalue weighted by Gasteiger charge is 2.15. The van der Waals surface area contributed by atoms with E-state index in [1.807, 2.05) is 0 Å². The summed E-state index contributed by atoms with van der Waals surface area (Å²) in [6.07, 6.45) is 2.89. The molecule has 0 saturated carbocycles. The molecule has 122 valence electrons. The molecule has 1 amide bonds. The first-order chi connectivity index (χ1) is 10.6. The Bertz CT molecular complexity index is 470. The maximum absolute atomic E-state index is 13.0. The Morgan fingerprint density at radius 3 is 2.77 bits per heavy atom. The van der Waals surface area contributed by atoms with Gasteiger partial charge in [0.25, 0.3) is 0 Å². The molecule has 6 heteroatoms. The molecule has 0 bridgehead atoms. The van der Waals surface area contributed by atoms with E-state index in [9.17, 15) is 13.6 Å². The molecule has 1 fully saturated rings. The third-order valence-corrected chi connectivity index (χ3v) is 3.46. The first kappa shape index (κ1) is 16.8. The molecule has 1 aromatic rings. The average Bonchev–Trinajstić information content (AvgIpc) is 2.96. The van der Waals surface area contributed by atoms with Gasteiger partial charge in [-0.15, -0.1) is 0 Å². The van der Waals surface area contributed by atoms with Crippen LogP contribution in [-0.2, 0) is 20.7 Å². The van der Waals surface area contributed by atoms with E-state index in [2.05, 4.69) is 5.32 Å². The molecule has 0 aliphatic carbocycles. The Morgan fingerprint density at radius 1 is 1.32 bits per heavy atom. The largest absolute Gasteiger partial charge is 0.378 e. The number of rotatable bonds is 8. The fourth-order valence-electron chi connectivity index (χ4n) is 2.35. The highest BCUT2D eigenvalue weighted by molar-refractivity contribution is 5.75. The van der Waals surface area contributed by atoms with Gasteiger partial charge in [-0.05, 0) is 37.0 Å². The summed E-state index contributed by atoms with van der Waals surface area (Å²) in [4.78, 5) is 11.6. The molecule has 1 aliphatic rings. The van der Waals surface area contributed by atoms with Crippen molar-refractivity contribution in [1.82, 2.24) is 5.32 Å². The number of hydrogen-bond donors (Lipinski definition) is 1. The van der Waals surface area contributed by atoms with E-state index in [0.717, 1.165) is 25.5 Å². The summed E-state index contributed by atoms with van der Waals surface area (Å²) in [5, 5.41) is 2.70. The zero-order chi connectivity index (χ0) is 15.8. The molecule has 1 saturated heterocycles. The molecule has 2 rings (SSSR count). The lowest BCUT2D eigenvalue weighted by atomic mass is 10.1. The lowest BCUT2D eigenvalue weighted by molar-refractivity contribution is -0.122. The van der Waals surface area contributed by atoms with Crippen molar-refractivity contribution in [2.75, 3.05) is 26.4 Å². The van der Waals surface area contributed by atoms with E-state index >= 15 is 0 Å². The van der Waals surface area contributed by atoms with Gasteiger partial charge in [0, 0.05) is 25.6 Å². The maximum Gasteiger partial charge on any atom is 0.222 e. The SMILES string of the molecule is O=C(CCOCC1CCCO1)NCCc1cc(F)cc(F)c1. The number of amides is 1. The fourth-order valence-corrected chi connectivity index (χ4v) is 2.35. The quantitative estimate of drug-likeness (QED) is 0.749. The van der Waals surface area contributed by atoms with E-state index in [1.54, 1.807) is 0 Å². The molecular formula is C16H21F2NO3. The topological polar surface area (TPSA) is 47.6 Å². The third kappa shape index (κ3) is 6.07. The Hall–Kier alpha value is -1.53. The second-order valence-electron chi connectivity index (χ2n) is 5.34. The summed E-state index contributed by atoms with van der Waals surface area (Å²) < 4.78 is 36.8.